The molecule has 158 valence electrons. The highest BCUT2D eigenvalue weighted by atomic mass is 32.1. The molecule has 7 nitrogen and oxygen atoms in total. The molecule has 2 aliphatic heterocycles. The van der Waals surface area contributed by atoms with E-state index in [9.17, 15) is 14.4 Å². The lowest BCUT2D eigenvalue weighted by Crippen LogP contribution is -2.50. The highest BCUT2D eigenvalue weighted by Gasteiger charge is 2.75. The Morgan fingerprint density at radius 1 is 1.28 bits per heavy atom. The zero-order valence-electron chi connectivity index (χ0n) is 17.6. The number of esters is 2. The first kappa shape index (κ1) is 20.3. The van der Waals surface area contributed by atoms with Gasteiger partial charge in [-0.15, -0.1) is 11.3 Å². The summed E-state index contributed by atoms with van der Waals surface area (Å²) >= 11 is 1.41. The molecule has 0 aromatic carbocycles. The summed E-state index contributed by atoms with van der Waals surface area (Å²) in [6.07, 6.45) is 1.83. The molecule has 29 heavy (non-hydrogen) atoms. The van der Waals surface area contributed by atoms with Gasteiger partial charge < -0.3 is 19.7 Å². The molecule has 2 atom stereocenters. The van der Waals surface area contributed by atoms with Crippen molar-refractivity contribution in [3.63, 3.8) is 0 Å². The van der Waals surface area contributed by atoms with E-state index in [1.54, 1.807) is 6.92 Å². The summed E-state index contributed by atoms with van der Waals surface area (Å²) in [4.78, 5) is 41.9. The fraction of sp³-hybridized carbons (Fsp3) is 0.667. The third-order valence-electron chi connectivity index (χ3n) is 7.40. The van der Waals surface area contributed by atoms with Crippen molar-refractivity contribution < 1.29 is 23.9 Å². The van der Waals surface area contributed by atoms with Gasteiger partial charge in [0.05, 0.1) is 17.6 Å². The molecule has 1 N–H and O–H groups in total. The summed E-state index contributed by atoms with van der Waals surface area (Å²) in [5.41, 5.74) is -1.12. The molecular formula is C21H28N2O5S. The number of nitrogens with zero attached hydrogens (tertiary/aromatic N) is 1. The first-order chi connectivity index (χ1) is 13.6. The van der Waals surface area contributed by atoms with Gasteiger partial charge in [-0.1, -0.05) is 13.8 Å². The molecule has 4 rings (SSSR count). The summed E-state index contributed by atoms with van der Waals surface area (Å²) in [6, 6.07) is 0. The SMILES string of the molecule is CCOC(=O)c1c(NC(=O)C23CCC(C)(C(=O)O2)C3(C)C)sc2c1CCN(C)C2. The van der Waals surface area contributed by atoms with Crippen LogP contribution in [0.3, 0.4) is 0 Å². The number of anilines is 1. The lowest BCUT2D eigenvalue weighted by Gasteiger charge is -2.35. The highest BCUT2D eigenvalue weighted by Crippen LogP contribution is 2.65. The summed E-state index contributed by atoms with van der Waals surface area (Å²) in [6.45, 7) is 9.32. The van der Waals surface area contributed by atoms with Gasteiger partial charge in [0, 0.05) is 23.4 Å². The number of carbonyl (C=O) groups excluding carboxylic acids is 3. The second-order valence-electron chi connectivity index (χ2n) is 9.04. The van der Waals surface area contributed by atoms with Crippen molar-refractivity contribution in [2.75, 3.05) is 25.5 Å². The van der Waals surface area contributed by atoms with Crippen LogP contribution in [-0.2, 0) is 32.0 Å². The largest absolute Gasteiger partial charge is 0.462 e. The first-order valence-corrected chi connectivity index (χ1v) is 10.9. The van der Waals surface area contributed by atoms with Crippen LogP contribution in [0.15, 0.2) is 0 Å². The number of hydrogen-bond donors (Lipinski definition) is 1. The molecule has 2 unspecified atom stereocenters. The molecule has 1 aliphatic carbocycles. The Labute approximate surface area is 174 Å². The fourth-order valence-corrected chi connectivity index (χ4v) is 6.30. The van der Waals surface area contributed by atoms with Crippen LogP contribution in [0, 0.1) is 10.8 Å². The predicted molar refractivity (Wildman–Crippen MR) is 109 cm³/mol. The van der Waals surface area contributed by atoms with E-state index >= 15 is 0 Å². The molecule has 2 fully saturated rings. The quantitative estimate of drug-likeness (QED) is 0.754. The monoisotopic (exact) mass is 420 g/mol. The number of amides is 1. The van der Waals surface area contributed by atoms with Crippen LogP contribution in [0.4, 0.5) is 5.00 Å². The zero-order valence-corrected chi connectivity index (χ0v) is 18.5. The third-order valence-corrected chi connectivity index (χ3v) is 8.54. The Hall–Kier alpha value is -1.93. The highest BCUT2D eigenvalue weighted by molar-refractivity contribution is 7.17. The van der Waals surface area contributed by atoms with Gasteiger partial charge >= 0.3 is 11.9 Å². The molecule has 0 spiro atoms. The van der Waals surface area contributed by atoms with E-state index in [-0.39, 0.29) is 18.5 Å². The molecular weight excluding hydrogens is 392 g/mol. The van der Waals surface area contributed by atoms with Gasteiger partial charge in [0.25, 0.3) is 5.91 Å². The summed E-state index contributed by atoms with van der Waals surface area (Å²) in [5, 5.41) is 3.45. The van der Waals surface area contributed by atoms with Gasteiger partial charge in [0.1, 0.15) is 5.00 Å². The number of likely N-dealkylation sites (N-methyl/N-ethyl adjacent to an activating group) is 1. The average molecular weight is 421 g/mol. The number of nitrogens with one attached hydrogen (secondary N) is 1. The zero-order chi connectivity index (χ0) is 21.2. The van der Waals surface area contributed by atoms with E-state index in [2.05, 4.69) is 10.2 Å². The third kappa shape index (κ3) is 2.61. The van der Waals surface area contributed by atoms with Crippen LogP contribution >= 0.6 is 11.3 Å². The Balaban J connectivity index is 1.71. The van der Waals surface area contributed by atoms with Crippen LogP contribution in [-0.4, -0.2) is 48.5 Å². The Kier molecular flexibility index (Phi) is 4.59. The van der Waals surface area contributed by atoms with E-state index < -0.39 is 22.4 Å². The number of fused-ring (bicyclic) bond motifs is 3. The van der Waals surface area contributed by atoms with Gasteiger partial charge in [0.2, 0.25) is 0 Å². The molecule has 1 aromatic rings. The number of hydrogen-bond acceptors (Lipinski definition) is 7. The number of rotatable bonds is 4. The fourth-order valence-electron chi connectivity index (χ4n) is 4.99. The number of thiophene rings is 1. The Morgan fingerprint density at radius 2 is 2.00 bits per heavy atom. The minimum absolute atomic E-state index is 0.268. The lowest BCUT2D eigenvalue weighted by atomic mass is 9.66. The van der Waals surface area contributed by atoms with Crippen molar-refractivity contribution in [3.8, 4) is 0 Å². The molecule has 0 radical (unpaired) electrons. The molecule has 1 amide bonds. The van der Waals surface area contributed by atoms with Crippen LogP contribution in [0.25, 0.3) is 0 Å². The Morgan fingerprint density at radius 3 is 2.59 bits per heavy atom. The van der Waals surface area contributed by atoms with E-state index in [0.29, 0.717) is 23.4 Å². The summed E-state index contributed by atoms with van der Waals surface area (Å²) < 4.78 is 11.0. The van der Waals surface area contributed by atoms with Crippen LogP contribution in [0.5, 0.6) is 0 Å². The van der Waals surface area contributed by atoms with E-state index in [1.807, 2.05) is 27.8 Å². The summed E-state index contributed by atoms with van der Waals surface area (Å²) in [7, 11) is 2.03. The Bertz CT molecular complexity index is 907. The second-order valence-corrected chi connectivity index (χ2v) is 10.1. The molecule has 3 heterocycles. The van der Waals surface area contributed by atoms with Gasteiger partial charge in [-0.05, 0) is 45.7 Å². The van der Waals surface area contributed by atoms with Gasteiger partial charge in [-0.3, -0.25) is 9.59 Å². The molecule has 8 heteroatoms. The van der Waals surface area contributed by atoms with Crippen molar-refractivity contribution in [1.82, 2.24) is 4.90 Å². The number of carbonyl (C=O) groups is 3. The summed E-state index contributed by atoms with van der Waals surface area (Å²) in [5.74, 6) is -1.09. The standard InChI is InChI=1S/C21H28N2O5S/c1-6-27-16(24)14-12-7-10-23(5)11-13(12)29-15(14)22-17(25)21-9-8-20(4,18(26)28-21)19(21,2)3/h6-11H2,1-5H3,(H,22,25). The predicted octanol–water partition coefficient (Wildman–Crippen LogP) is 2.97. The maximum atomic E-state index is 13.5. The molecule has 3 aliphatic rings. The van der Waals surface area contributed by atoms with Gasteiger partial charge in [-0.2, -0.15) is 0 Å². The first-order valence-electron chi connectivity index (χ1n) is 10.1. The van der Waals surface area contributed by atoms with Crippen molar-refractivity contribution in [2.45, 2.75) is 59.1 Å². The lowest BCUT2D eigenvalue weighted by molar-refractivity contribution is -0.165. The molecule has 1 saturated carbocycles. The van der Waals surface area contributed by atoms with Crippen LogP contribution < -0.4 is 5.32 Å². The number of ether oxygens (including phenoxy) is 2. The topological polar surface area (TPSA) is 84.9 Å². The maximum Gasteiger partial charge on any atom is 0.341 e. The van der Waals surface area contributed by atoms with Gasteiger partial charge in [-0.25, -0.2) is 4.79 Å². The van der Waals surface area contributed by atoms with Crippen LogP contribution in [0.1, 0.15) is 61.3 Å². The molecule has 2 bridgehead atoms. The van der Waals surface area contributed by atoms with E-state index in [0.717, 1.165) is 30.0 Å². The minimum atomic E-state index is -1.22. The second kappa shape index (κ2) is 6.54. The molecule has 1 saturated heterocycles. The average Bonchev–Trinajstić information content (AvgIpc) is 3.14. The van der Waals surface area contributed by atoms with Crippen molar-refractivity contribution >= 4 is 34.2 Å². The van der Waals surface area contributed by atoms with Gasteiger partial charge in [0.15, 0.2) is 5.60 Å². The van der Waals surface area contributed by atoms with Crippen molar-refractivity contribution in [3.05, 3.63) is 16.0 Å². The smallest absolute Gasteiger partial charge is 0.341 e. The van der Waals surface area contributed by atoms with E-state index in [4.69, 9.17) is 9.47 Å². The van der Waals surface area contributed by atoms with Crippen molar-refractivity contribution in [1.29, 1.82) is 0 Å². The van der Waals surface area contributed by atoms with Crippen molar-refractivity contribution in [2.24, 2.45) is 10.8 Å². The van der Waals surface area contributed by atoms with E-state index in [1.165, 1.54) is 11.3 Å². The maximum absolute atomic E-state index is 13.5. The molecule has 1 aromatic heterocycles. The van der Waals surface area contributed by atoms with Crippen LogP contribution in [0.2, 0.25) is 0 Å². The normalized spacial score (nSPS) is 30.0. The minimum Gasteiger partial charge on any atom is -0.462 e.